The van der Waals surface area contributed by atoms with E-state index in [1.165, 1.54) is 0 Å². The molecular weight excluding hydrogens is 508 g/mol. The number of hydrogen-bond acceptors (Lipinski definition) is 7. The molecule has 4 N–H and O–H groups in total. The summed E-state index contributed by atoms with van der Waals surface area (Å²) in [5, 5.41) is 19.2. The first-order valence-corrected chi connectivity index (χ1v) is 12.4. The maximum absolute atomic E-state index is 12.8. The highest BCUT2D eigenvalue weighted by Gasteiger charge is 2.16. The van der Waals surface area contributed by atoms with Crippen molar-refractivity contribution in [3.63, 3.8) is 0 Å². The van der Waals surface area contributed by atoms with Crippen molar-refractivity contribution in [2.75, 3.05) is 54.1 Å². The number of rotatable bonds is 6. The van der Waals surface area contributed by atoms with Crippen molar-refractivity contribution in [2.45, 2.75) is 6.92 Å². The van der Waals surface area contributed by atoms with Crippen LogP contribution in [0.5, 0.6) is 0 Å². The van der Waals surface area contributed by atoms with Gasteiger partial charge in [0.1, 0.15) is 5.76 Å². The molecule has 3 heterocycles. The summed E-state index contributed by atoms with van der Waals surface area (Å²) in [6.07, 6.45) is 0. The number of aromatic nitrogens is 3. The molecule has 0 atom stereocenters. The molecule has 1 saturated heterocycles. The van der Waals surface area contributed by atoms with Crippen molar-refractivity contribution in [1.29, 1.82) is 0 Å². The van der Waals surface area contributed by atoms with Crippen molar-refractivity contribution in [3.05, 3.63) is 70.9 Å². The number of halogens is 1. The quantitative estimate of drug-likeness (QED) is 0.282. The summed E-state index contributed by atoms with van der Waals surface area (Å²) in [7, 11) is 2.12. The van der Waals surface area contributed by atoms with E-state index in [-0.39, 0.29) is 5.91 Å². The molecule has 1 aliphatic rings. The summed E-state index contributed by atoms with van der Waals surface area (Å²) in [5.41, 5.74) is 3.46. The number of carbonyl (C=O) groups is 2. The number of aryl methyl sites for hydroxylation is 1. The third kappa shape index (κ3) is 5.96. The van der Waals surface area contributed by atoms with Crippen LogP contribution in [0.15, 0.2) is 59.1 Å². The van der Waals surface area contributed by atoms with Crippen LogP contribution in [-0.4, -0.2) is 65.4 Å². The number of amides is 3. The van der Waals surface area contributed by atoms with E-state index >= 15 is 0 Å². The van der Waals surface area contributed by atoms with E-state index in [2.05, 4.69) is 48.2 Å². The first-order valence-electron chi connectivity index (χ1n) is 12.1. The van der Waals surface area contributed by atoms with Gasteiger partial charge in [0, 0.05) is 55.1 Å². The highest BCUT2D eigenvalue weighted by molar-refractivity contribution is 6.34. The van der Waals surface area contributed by atoms with Crippen LogP contribution in [-0.2, 0) is 0 Å². The summed E-state index contributed by atoms with van der Waals surface area (Å²) in [4.78, 5) is 29.6. The number of H-pyrrole nitrogens is 1. The second kappa shape index (κ2) is 11.0. The number of urea groups is 1. The molecule has 11 nitrogen and oxygen atoms in total. The molecule has 0 spiro atoms. The van der Waals surface area contributed by atoms with Gasteiger partial charge in [-0.3, -0.25) is 15.2 Å². The van der Waals surface area contributed by atoms with Crippen LogP contribution in [0, 0.1) is 6.92 Å². The summed E-state index contributed by atoms with van der Waals surface area (Å²) in [5.74, 6) is 1.01. The number of benzene rings is 2. The predicted molar refractivity (Wildman–Crippen MR) is 147 cm³/mol. The van der Waals surface area contributed by atoms with Crippen LogP contribution >= 0.6 is 11.6 Å². The minimum absolute atomic E-state index is 0.251. The van der Waals surface area contributed by atoms with Crippen molar-refractivity contribution < 1.29 is 14.1 Å². The minimum atomic E-state index is -0.504. The number of carbonyl (C=O) groups excluding carboxylic acids is 2. The predicted octanol–water partition coefficient (Wildman–Crippen LogP) is 4.67. The molecule has 2 aromatic heterocycles. The lowest BCUT2D eigenvalue weighted by Crippen LogP contribution is -2.44. The fourth-order valence-corrected chi connectivity index (χ4v) is 4.32. The molecule has 0 radical (unpaired) electrons. The maximum Gasteiger partial charge on any atom is 0.324 e. The van der Waals surface area contributed by atoms with Crippen LogP contribution in [0.3, 0.4) is 0 Å². The molecule has 4 aromatic rings. The zero-order chi connectivity index (χ0) is 26.6. The van der Waals surface area contributed by atoms with Crippen molar-refractivity contribution >= 4 is 46.5 Å². The summed E-state index contributed by atoms with van der Waals surface area (Å²) < 4.78 is 4.93. The lowest BCUT2D eigenvalue weighted by atomic mass is 10.1. The van der Waals surface area contributed by atoms with Gasteiger partial charge in [-0.25, -0.2) is 4.79 Å². The Hall–Kier alpha value is -4.35. The van der Waals surface area contributed by atoms with Gasteiger partial charge in [-0.05, 0) is 50.4 Å². The zero-order valence-corrected chi connectivity index (χ0v) is 21.7. The van der Waals surface area contributed by atoms with E-state index in [9.17, 15) is 9.59 Å². The Bertz CT molecular complexity index is 1440. The lowest BCUT2D eigenvalue weighted by Gasteiger charge is -2.34. The molecule has 0 bridgehead atoms. The van der Waals surface area contributed by atoms with Crippen LogP contribution in [0.4, 0.5) is 27.8 Å². The minimum Gasteiger partial charge on any atom is -0.369 e. The number of hydrogen-bond donors (Lipinski definition) is 4. The number of likely N-dealkylation sites (N-methyl/N-ethyl adjacent to an activating group) is 1. The van der Waals surface area contributed by atoms with Crippen LogP contribution in [0.25, 0.3) is 11.3 Å². The fourth-order valence-electron chi connectivity index (χ4n) is 4.09. The number of anilines is 4. The van der Waals surface area contributed by atoms with Gasteiger partial charge in [-0.2, -0.15) is 5.10 Å². The summed E-state index contributed by atoms with van der Waals surface area (Å²) in [6.45, 7) is 5.70. The van der Waals surface area contributed by atoms with Gasteiger partial charge in [0.15, 0.2) is 11.6 Å². The number of nitrogens with one attached hydrogen (secondary N) is 4. The Labute approximate surface area is 224 Å². The number of piperazine rings is 1. The molecule has 0 unspecified atom stereocenters. The van der Waals surface area contributed by atoms with Crippen molar-refractivity contribution in [2.24, 2.45) is 0 Å². The van der Waals surface area contributed by atoms with E-state index in [1.54, 1.807) is 37.3 Å². The molecule has 1 fully saturated rings. The molecule has 5 rings (SSSR count). The fraction of sp³-hybridized carbons (Fsp3) is 0.231. The van der Waals surface area contributed by atoms with E-state index in [0.717, 1.165) is 37.4 Å². The van der Waals surface area contributed by atoms with Crippen molar-refractivity contribution in [3.8, 4) is 11.3 Å². The third-order valence-electron chi connectivity index (χ3n) is 6.22. The topological polar surface area (TPSA) is 131 Å². The Kier molecular flexibility index (Phi) is 7.29. The van der Waals surface area contributed by atoms with Gasteiger partial charge >= 0.3 is 6.03 Å². The highest BCUT2D eigenvalue weighted by Crippen LogP contribution is 2.29. The third-order valence-corrected chi connectivity index (χ3v) is 6.53. The first kappa shape index (κ1) is 25.3. The Balaban J connectivity index is 1.19. The van der Waals surface area contributed by atoms with Gasteiger partial charge < -0.3 is 25.0 Å². The number of aromatic amines is 1. The summed E-state index contributed by atoms with van der Waals surface area (Å²) in [6, 6.07) is 15.5. The van der Waals surface area contributed by atoms with E-state index in [4.69, 9.17) is 16.1 Å². The Morgan fingerprint density at radius 3 is 2.39 bits per heavy atom. The molecule has 0 saturated carbocycles. The lowest BCUT2D eigenvalue weighted by molar-refractivity contribution is 0.102. The molecule has 2 aromatic carbocycles. The molecule has 3 amide bonds. The average molecular weight is 535 g/mol. The normalized spacial score (nSPS) is 13.8. The van der Waals surface area contributed by atoms with Gasteiger partial charge in [0.2, 0.25) is 0 Å². The van der Waals surface area contributed by atoms with Crippen LogP contribution in [0.1, 0.15) is 16.1 Å². The van der Waals surface area contributed by atoms with E-state index in [0.29, 0.717) is 39.4 Å². The Morgan fingerprint density at radius 2 is 1.71 bits per heavy atom. The molecule has 12 heteroatoms. The molecule has 38 heavy (non-hydrogen) atoms. The van der Waals surface area contributed by atoms with Gasteiger partial charge in [0.05, 0.1) is 16.4 Å². The number of nitrogens with zero attached hydrogens (tertiary/aromatic N) is 4. The van der Waals surface area contributed by atoms with E-state index < -0.39 is 6.03 Å². The van der Waals surface area contributed by atoms with Gasteiger partial charge in [-0.1, -0.05) is 22.8 Å². The maximum atomic E-state index is 12.8. The molecule has 1 aliphatic heterocycles. The monoisotopic (exact) mass is 534 g/mol. The highest BCUT2D eigenvalue weighted by atomic mass is 35.5. The van der Waals surface area contributed by atoms with Crippen LogP contribution in [0.2, 0.25) is 5.02 Å². The smallest absolute Gasteiger partial charge is 0.324 e. The molecule has 0 aliphatic carbocycles. The molecule has 196 valence electrons. The second-order valence-electron chi connectivity index (χ2n) is 9.05. The van der Waals surface area contributed by atoms with Crippen molar-refractivity contribution in [1.82, 2.24) is 20.3 Å². The molecular formula is C26H27ClN8O3. The van der Waals surface area contributed by atoms with E-state index in [1.807, 2.05) is 24.3 Å². The Morgan fingerprint density at radius 1 is 0.947 bits per heavy atom. The first-order chi connectivity index (χ1) is 18.3. The second-order valence-corrected chi connectivity index (χ2v) is 9.46. The average Bonchev–Trinajstić information content (AvgIpc) is 3.54. The van der Waals surface area contributed by atoms with Gasteiger partial charge in [-0.15, -0.1) is 0 Å². The SMILES string of the molecule is Cc1cc(NC(=O)Nc2ccc(-c3cc(NC(=O)c4ccc(N5CCN(C)CC5)cc4)n[nH]3)cc2Cl)no1. The largest absolute Gasteiger partial charge is 0.369 e. The zero-order valence-electron chi connectivity index (χ0n) is 20.9. The van der Waals surface area contributed by atoms with Gasteiger partial charge in [0.25, 0.3) is 5.91 Å². The summed E-state index contributed by atoms with van der Waals surface area (Å²) >= 11 is 6.39. The standard InChI is InChI=1S/C26H27ClN8O3/c1-16-13-24(33-38-16)30-26(37)28-21-8-5-18(14-20(21)27)22-15-23(32-31-22)29-25(36)17-3-6-19(7-4-17)35-11-9-34(2)10-12-35/h3-8,13-15H,9-12H2,1-2H3,(H2,28,30,33,37)(H2,29,31,32,36). The van der Waals surface area contributed by atoms with Crippen LogP contribution < -0.4 is 20.9 Å².